The molecular weight excluding hydrogens is 336 g/mol. The Labute approximate surface area is 160 Å². The molecule has 0 aliphatic carbocycles. The predicted octanol–water partition coefficient (Wildman–Crippen LogP) is 3.91. The lowest BCUT2D eigenvalue weighted by Crippen LogP contribution is -2.39. The number of hydrogen-bond acceptors (Lipinski definition) is 3. The summed E-state index contributed by atoms with van der Waals surface area (Å²) in [6, 6.07) is 10.4. The minimum atomic E-state index is 0.0971. The Balaban J connectivity index is 1.69. The normalized spacial score (nSPS) is 17.5. The van der Waals surface area contributed by atoms with E-state index in [1.54, 1.807) is 4.68 Å². The molecule has 4 rings (SSSR count). The topological polar surface area (TPSA) is 51.0 Å². The van der Waals surface area contributed by atoms with Gasteiger partial charge < -0.3 is 4.90 Å². The number of amides is 1. The molecule has 1 atom stereocenters. The number of aromatic nitrogens is 3. The Morgan fingerprint density at radius 3 is 2.74 bits per heavy atom. The summed E-state index contributed by atoms with van der Waals surface area (Å²) in [4.78, 5) is 20.1. The van der Waals surface area contributed by atoms with Crippen LogP contribution in [0.2, 0.25) is 0 Å². The number of carbonyl (C=O) groups is 1. The molecule has 1 fully saturated rings. The highest BCUT2D eigenvalue weighted by Gasteiger charge is 2.28. The molecule has 0 radical (unpaired) electrons. The number of aryl methyl sites for hydroxylation is 4. The SMILES string of the molecule is Cc1cc(C(=O)N2CCC[C@@H](c3ccccc3C)C2)c2c(C)nn(C)c2n1. The van der Waals surface area contributed by atoms with Crippen molar-refractivity contribution in [2.24, 2.45) is 7.05 Å². The first-order valence-corrected chi connectivity index (χ1v) is 9.61. The second kappa shape index (κ2) is 6.80. The monoisotopic (exact) mass is 362 g/mol. The van der Waals surface area contributed by atoms with Gasteiger partial charge >= 0.3 is 0 Å². The van der Waals surface area contributed by atoms with E-state index in [2.05, 4.69) is 41.3 Å². The van der Waals surface area contributed by atoms with Gasteiger partial charge in [-0.2, -0.15) is 5.10 Å². The Kier molecular flexibility index (Phi) is 4.46. The van der Waals surface area contributed by atoms with Gasteiger partial charge in [-0.1, -0.05) is 24.3 Å². The van der Waals surface area contributed by atoms with Gasteiger partial charge in [-0.05, 0) is 50.8 Å². The Hall–Kier alpha value is -2.69. The largest absolute Gasteiger partial charge is 0.338 e. The van der Waals surface area contributed by atoms with E-state index in [1.807, 2.05) is 31.9 Å². The third-order valence-electron chi connectivity index (χ3n) is 5.66. The Bertz CT molecular complexity index is 1020. The smallest absolute Gasteiger partial charge is 0.254 e. The molecule has 1 saturated heterocycles. The van der Waals surface area contributed by atoms with E-state index in [9.17, 15) is 4.79 Å². The number of likely N-dealkylation sites (tertiary alicyclic amines) is 1. The molecule has 5 nitrogen and oxygen atoms in total. The van der Waals surface area contributed by atoms with Crippen molar-refractivity contribution < 1.29 is 4.79 Å². The van der Waals surface area contributed by atoms with Crippen molar-refractivity contribution in [3.8, 4) is 0 Å². The maximum atomic E-state index is 13.5. The lowest BCUT2D eigenvalue weighted by Gasteiger charge is -2.34. The minimum absolute atomic E-state index is 0.0971. The van der Waals surface area contributed by atoms with E-state index in [-0.39, 0.29) is 5.91 Å². The second-order valence-corrected chi connectivity index (χ2v) is 7.67. The van der Waals surface area contributed by atoms with Crippen LogP contribution in [-0.4, -0.2) is 38.7 Å². The second-order valence-electron chi connectivity index (χ2n) is 7.67. The molecule has 1 aliphatic rings. The van der Waals surface area contributed by atoms with E-state index in [0.717, 1.165) is 53.9 Å². The fourth-order valence-corrected chi connectivity index (χ4v) is 4.37. The molecule has 0 bridgehead atoms. The molecule has 0 spiro atoms. The molecule has 3 heterocycles. The zero-order valence-corrected chi connectivity index (χ0v) is 16.5. The quantitative estimate of drug-likeness (QED) is 0.694. The molecule has 1 aliphatic heterocycles. The van der Waals surface area contributed by atoms with Crippen LogP contribution in [0.1, 0.15) is 51.6 Å². The predicted molar refractivity (Wildman–Crippen MR) is 107 cm³/mol. The zero-order chi connectivity index (χ0) is 19.1. The summed E-state index contributed by atoms with van der Waals surface area (Å²) in [6.07, 6.45) is 2.16. The molecule has 27 heavy (non-hydrogen) atoms. The highest BCUT2D eigenvalue weighted by molar-refractivity contribution is 6.06. The molecule has 1 aromatic carbocycles. The number of benzene rings is 1. The van der Waals surface area contributed by atoms with Gasteiger partial charge in [0.25, 0.3) is 5.91 Å². The fraction of sp³-hybridized carbons (Fsp3) is 0.409. The lowest BCUT2D eigenvalue weighted by atomic mass is 9.87. The number of piperidine rings is 1. The van der Waals surface area contributed by atoms with Crippen LogP contribution in [0.15, 0.2) is 30.3 Å². The molecule has 0 N–H and O–H groups in total. The van der Waals surface area contributed by atoms with Crippen LogP contribution < -0.4 is 0 Å². The third-order valence-corrected chi connectivity index (χ3v) is 5.66. The van der Waals surface area contributed by atoms with Crippen molar-refractivity contribution in [1.82, 2.24) is 19.7 Å². The Morgan fingerprint density at radius 1 is 1.19 bits per heavy atom. The zero-order valence-electron chi connectivity index (χ0n) is 16.5. The molecule has 3 aromatic rings. The summed E-state index contributed by atoms with van der Waals surface area (Å²) in [5.41, 5.74) is 5.89. The summed E-state index contributed by atoms with van der Waals surface area (Å²) in [5.74, 6) is 0.497. The summed E-state index contributed by atoms with van der Waals surface area (Å²) in [7, 11) is 1.88. The van der Waals surface area contributed by atoms with Crippen molar-refractivity contribution in [2.75, 3.05) is 13.1 Å². The first-order chi connectivity index (χ1) is 13.0. The summed E-state index contributed by atoms with van der Waals surface area (Å²) >= 11 is 0. The van der Waals surface area contributed by atoms with Gasteiger partial charge in [-0.25, -0.2) is 4.98 Å². The van der Waals surface area contributed by atoms with Crippen LogP contribution in [-0.2, 0) is 7.05 Å². The van der Waals surface area contributed by atoms with Crippen molar-refractivity contribution in [2.45, 2.75) is 39.5 Å². The van der Waals surface area contributed by atoms with Gasteiger partial charge in [0, 0.05) is 31.7 Å². The van der Waals surface area contributed by atoms with Crippen molar-refractivity contribution in [3.05, 3.63) is 58.4 Å². The van der Waals surface area contributed by atoms with Crippen LogP contribution in [0, 0.1) is 20.8 Å². The first-order valence-electron chi connectivity index (χ1n) is 9.61. The van der Waals surface area contributed by atoms with E-state index < -0.39 is 0 Å². The number of rotatable bonds is 2. The van der Waals surface area contributed by atoms with Crippen LogP contribution in [0.4, 0.5) is 0 Å². The molecular formula is C22H26N4O. The molecule has 2 aromatic heterocycles. The van der Waals surface area contributed by atoms with Crippen molar-refractivity contribution in [1.29, 1.82) is 0 Å². The number of hydrogen-bond donors (Lipinski definition) is 0. The van der Waals surface area contributed by atoms with Crippen LogP contribution in [0.25, 0.3) is 11.0 Å². The molecule has 5 heteroatoms. The highest BCUT2D eigenvalue weighted by Crippen LogP contribution is 2.31. The Morgan fingerprint density at radius 2 is 1.96 bits per heavy atom. The summed E-state index contributed by atoms with van der Waals surface area (Å²) in [6.45, 7) is 7.62. The van der Waals surface area contributed by atoms with Gasteiger partial charge in [0.15, 0.2) is 5.65 Å². The van der Waals surface area contributed by atoms with Crippen LogP contribution in [0.5, 0.6) is 0 Å². The minimum Gasteiger partial charge on any atom is -0.338 e. The third kappa shape index (κ3) is 3.11. The highest BCUT2D eigenvalue weighted by atomic mass is 16.2. The molecule has 0 saturated carbocycles. The standard InChI is InChI=1S/C22H26N4O/c1-14-8-5-6-10-18(14)17-9-7-11-26(13-17)22(27)19-12-15(2)23-21-20(19)16(3)24-25(21)4/h5-6,8,10,12,17H,7,9,11,13H2,1-4H3/t17-/m1/s1. The van der Waals surface area contributed by atoms with Crippen LogP contribution in [0.3, 0.4) is 0 Å². The summed E-state index contributed by atoms with van der Waals surface area (Å²) < 4.78 is 1.76. The van der Waals surface area contributed by atoms with Gasteiger partial charge in [0.05, 0.1) is 16.6 Å². The maximum Gasteiger partial charge on any atom is 0.254 e. The van der Waals surface area contributed by atoms with E-state index in [1.165, 1.54) is 11.1 Å². The van der Waals surface area contributed by atoms with Gasteiger partial charge in [-0.3, -0.25) is 9.48 Å². The fourth-order valence-electron chi connectivity index (χ4n) is 4.37. The van der Waals surface area contributed by atoms with Crippen molar-refractivity contribution >= 4 is 16.9 Å². The van der Waals surface area contributed by atoms with E-state index >= 15 is 0 Å². The van der Waals surface area contributed by atoms with Crippen molar-refractivity contribution in [3.63, 3.8) is 0 Å². The maximum absolute atomic E-state index is 13.5. The van der Waals surface area contributed by atoms with E-state index in [0.29, 0.717) is 5.92 Å². The molecule has 0 unspecified atom stereocenters. The molecule has 140 valence electrons. The van der Waals surface area contributed by atoms with Crippen LogP contribution >= 0.6 is 0 Å². The summed E-state index contributed by atoms with van der Waals surface area (Å²) in [5, 5.41) is 5.36. The number of fused-ring (bicyclic) bond motifs is 1. The number of pyridine rings is 1. The lowest BCUT2D eigenvalue weighted by molar-refractivity contribution is 0.0708. The first kappa shape index (κ1) is 17.7. The average molecular weight is 362 g/mol. The average Bonchev–Trinajstić information content (AvgIpc) is 2.94. The van der Waals surface area contributed by atoms with Gasteiger partial charge in [-0.15, -0.1) is 0 Å². The van der Waals surface area contributed by atoms with Gasteiger partial charge in [0.1, 0.15) is 0 Å². The van der Waals surface area contributed by atoms with Gasteiger partial charge in [0.2, 0.25) is 0 Å². The number of nitrogens with zero attached hydrogens (tertiary/aromatic N) is 4. The van der Waals surface area contributed by atoms with E-state index in [4.69, 9.17) is 0 Å². The molecule has 1 amide bonds. The number of carbonyl (C=O) groups excluding carboxylic acids is 1.